The molecule has 3 aromatic rings. The zero-order chi connectivity index (χ0) is 24.8. The molecular weight excluding hydrogens is 458 g/mol. The van der Waals surface area contributed by atoms with Crippen molar-refractivity contribution in [2.24, 2.45) is 0 Å². The van der Waals surface area contributed by atoms with Gasteiger partial charge in [0.15, 0.2) is 0 Å². The average Bonchev–Trinajstić information content (AvgIpc) is 2.89. The molecule has 0 atom stereocenters. The molecule has 1 N–H and O–H groups in total. The van der Waals surface area contributed by atoms with Gasteiger partial charge in [0.25, 0.3) is 10.0 Å². The Morgan fingerprint density at radius 1 is 0.886 bits per heavy atom. The molecule has 1 aliphatic heterocycles. The number of rotatable bonds is 8. The zero-order valence-corrected chi connectivity index (χ0v) is 21.2. The standard InChI is InChI=1S/C28H33N3O3S/c1-22(2)23-11-15-26(16-12-23)31(35(33,34)27-9-5-3-6-10-27)21-28(32)29-24-13-17-25(18-14-24)30-19-7-4-8-20-30/h3,5-6,9-18,22H,4,7-8,19-21H2,1-2H3,(H,29,32). The van der Waals surface area contributed by atoms with Crippen LogP contribution in [0.3, 0.4) is 0 Å². The number of carbonyl (C=O) groups is 1. The number of hydrogen-bond donors (Lipinski definition) is 1. The topological polar surface area (TPSA) is 69.7 Å². The van der Waals surface area contributed by atoms with Gasteiger partial charge in [0.1, 0.15) is 6.54 Å². The lowest BCUT2D eigenvalue weighted by molar-refractivity contribution is -0.114. The summed E-state index contributed by atoms with van der Waals surface area (Å²) in [6.45, 7) is 5.93. The number of carbonyl (C=O) groups excluding carboxylic acids is 1. The first-order chi connectivity index (χ1) is 16.8. The highest BCUT2D eigenvalue weighted by atomic mass is 32.2. The van der Waals surface area contributed by atoms with Gasteiger partial charge in [-0.15, -0.1) is 0 Å². The van der Waals surface area contributed by atoms with Crippen LogP contribution in [0.2, 0.25) is 0 Å². The molecule has 1 saturated heterocycles. The highest BCUT2D eigenvalue weighted by molar-refractivity contribution is 7.92. The molecule has 184 valence electrons. The van der Waals surface area contributed by atoms with Gasteiger partial charge in [-0.2, -0.15) is 0 Å². The number of hydrogen-bond acceptors (Lipinski definition) is 4. The van der Waals surface area contributed by atoms with Gasteiger partial charge in [-0.25, -0.2) is 8.42 Å². The maximum absolute atomic E-state index is 13.5. The van der Waals surface area contributed by atoms with Crippen molar-refractivity contribution >= 4 is 33.0 Å². The molecule has 0 bridgehead atoms. The molecule has 1 aliphatic rings. The molecule has 0 saturated carbocycles. The SMILES string of the molecule is CC(C)c1ccc(N(CC(=O)Nc2ccc(N3CCCCC3)cc2)S(=O)(=O)c2ccccc2)cc1. The second-order valence-electron chi connectivity index (χ2n) is 9.21. The lowest BCUT2D eigenvalue weighted by Gasteiger charge is -2.29. The van der Waals surface area contributed by atoms with E-state index in [0.717, 1.165) is 24.3 Å². The monoisotopic (exact) mass is 491 g/mol. The number of piperidine rings is 1. The minimum Gasteiger partial charge on any atom is -0.372 e. The number of sulfonamides is 1. The number of benzene rings is 3. The first-order valence-corrected chi connectivity index (χ1v) is 13.6. The van der Waals surface area contributed by atoms with Crippen LogP contribution in [0.15, 0.2) is 83.8 Å². The van der Waals surface area contributed by atoms with Crippen LogP contribution in [0.4, 0.5) is 17.1 Å². The summed E-state index contributed by atoms with van der Waals surface area (Å²) in [5, 5.41) is 2.86. The molecule has 1 heterocycles. The van der Waals surface area contributed by atoms with E-state index >= 15 is 0 Å². The quantitative estimate of drug-likeness (QED) is 0.443. The summed E-state index contributed by atoms with van der Waals surface area (Å²) in [6.07, 6.45) is 3.66. The van der Waals surface area contributed by atoms with Crippen molar-refractivity contribution in [3.63, 3.8) is 0 Å². The van der Waals surface area contributed by atoms with Crippen molar-refractivity contribution in [1.29, 1.82) is 0 Å². The minimum atomic E-state index is -3.93. The fourth-order valence-corrected chi connectivity index (χ4v) is 5.74. The van der Waals surface area contributed by atoms with Crippen molar-refractivity contribution in [1.82, 2.24) is 0 Å². The Balaban J connectivity index is 1.54. The highest BCUT2D eigenvalue weighted by Crippen LogP contribution is 2.26. The molecule has 4 rings (SSSR count). The first kappa shape index (κ1) is 24.8. The Labute approximate surface area is 208 Å². The molecule has 0 aliphatic carbocycles. The van der Waals surface area contributed by atoms with Crippen molar-refractivity contribution in [2.45, 2.75) is 43.9 Å². The molecule has 1 amide bonds. The van der Waals surface area contributed by atoms with Crippen LogP contribution in [-0.4, -0.2) is 34.0 Å². The van der Waals surface area contributed by atoms with E-state index in [1.165, 1.54) is 23.6 Å². The van der Waals surface area contributed by atoms with E-state index in [1.807, 2.05) is 36.4 Å². The van der Waals surface area contributed by atoms with Gasteiger partial charge in [0, 0.05) is 24.5 Å². The van der Waals surface area contributed by atoms with Crippen molar-refractivity contribution in [3.8, 4) is 0 Å². The van der Waals surface area contributed by atoms with Crippen molar-refractivity contribution in [3.05, 3.63) is 84.4 Å². The van der Waals surface area contributed by atoms with E-state index in [0.29, 0.717) is 17.3 Å². The Morgan fingerprint density at radius 3 is 2.11 bits per heavy atom. The highest BCUT2D eigenvalue weighted by Gasteiger charge is 2.27. The van der Waals surface area contributed by atoms with E-state index in [9.17, 15) is 13.2 Å². The van der Waals surface area contributed by atoms with Gasteiger partial charge >= 0.3 is 0 Å². The van der Waals surface area contributed by atoms with Crippen LogP contribution < -0.4 is 14.5 Å². The van der Waals surface area contributed by atoms with Crippen LogP contribution in [0.5, 0.6) is 0 Å². The lowest BCUT2D eigenvalue weighted by Crippen LogP contribution is -2.38. The van der Waals surface area contributed by atoms with Gasteiger partial charge in [-0.3, -0.25) is 9.10 Å². The summed E-state index contributed by atoms with van der Waals surface area (Å²) in [4.78, 5) is 15.5. The molecular formula is C28H33N3O3S. The molecule has 0 radical (unpaired) electrons. The van der Waals surface area contributed by atoms with Gasteiger partial charge in [-0.05, 0) is 79.3 Å². The summed E-state index contributed by atoms with van der Waals surface area (Å²) < 4.78 is 28.2. The smallest absolute Gasteiger partial charge is 0.264 e. The molecule has 1 fully saturated rings. The predicted molar refractivity (Wildman–Crippen MR) is 143 cm³/mol. The number of nitrogens with one attached hydrogen (secondary N) is 1. The van der Waals surface area contributed by atoms with E-state index in [1.54, 1.807) is 42.5 Å². The third-order valence-electron chi connectivity index (χ3n) is 6.34. The summed E-state index contributed by atoms with van der Waals surface area (Å²) in [5.74, 6) is -0.0809. The van der Waals surface area contributed by atoms with Crippen LogP contribution in [0, 0.1) is 0 Å². The molecule has 6 nitrogen and oxygen atoms in total. The maximum Gasteiger partial charge on any atom is 0.264 e. The Hall–Kier alpha value is -3.32. The zero-order valence-electron chi connectivity index (χ0n) is 20.4. The van der Waals surface area contributed by atoms with Crippen molar-refractivity contribution < 1.29 is 13.2 Å². The summed E-state index contributed by atoms with van der Waals surface area (Å²) in [6, 6.07) is 23.3. The van der Waals surface area contributed by atoms with Crippen molar-refractivity contribution in [2.75, 3.05) is 34.2 Å². The minimum absolute atomic E-state index is 0.145. The Morgan fingerprint density at radius 2 is 1.51 bits per heavy atom. The largest absolute Gasteiger partial charge is 0.372 e. The van der Waals surface area contributed by atoms with Crippen LogP contribution >= 0.6 is 0 Å². The van der Waals surface area contributed by atoms with Crippen LogP contribution in [0.25, 0.3) is 0 Å². The number of amides is 1. The second kappa shape index (κ2) is 11.0. The fraction of sp³-hybridized carbons (Fsp3) is 0.321. The van der Waals surface area contributed by atoms with E-state index in [-0.39, 0.29) is 11.4 Å². The summed E-state index contributed by atoms with van der Waals surface area (Å²) >= 11 is 0. The molecule has 7 heteroatoms. The molecule has 3 aromatic carbocycles. The molecule has 0 unspecified atom stereocenters. The van der Waals surface area contributed by atoms with E-state index in [4.69, 9.17) is 0 Å². The van der Waals surface area contributed by atoms with E-state index in [2.05, 4.69) is 24.1 Å². The Kier molecular flexibility index (Phi) is 7.76. The maximum atomic E-state index is 13.5. The fourth-order valence-electron chi connectivity index (χ4n) is 4.30. The normalized spacial score (nSPS) is 14.1. The average molecular weight is 492 g/mol. The van der Waals surface area contributed by atoms with Crippen LogP contribution in [-0.2, 0) is 14.8 Å². The van der Waals surface area contributed by atoms with Crippen LogP contribution in [0.1, 0.15) is 44.6 Å². The molecule has 35 heavy (non-hydrogen) atoms. The predicted octanol–water partition coefficient (Wildman–Crippen LogP) is 5.63. The van der Waals surface area contributed by atoms with Gasteiger partial charge in [0.05, 0.1) is 10.6 Å². The summed E-state index contributed by atoms with van der Waals surface area (Å²) in [5.41, 5.74) is 3.34. The lowest BCUT2D eigenvalue weighted by atomic mass is 10.0. The Bertz CT molecular complexity index is 1220. The summed E-state index contributed by atoms with van der Waals surface area (Å²) in [7, 11) is -3.93. The third-order valence-corrected chi connectivity index (χ3v) is 8.13. The van der Waals surface area contributed by atoms with Gasteiger partial charge in [-0.1, -0.05) is 44.2 Å². The third kappa shape index (κ3) is 6.03. The van der Waals surface area contributed by atoms with E-state index < -0.39 is 15.9 Å². The first-order valence-electron chi connectivity index (χ1n) is 12.2. The molecule has 0 aromatic heterocycles. The van der Waals surface area contributed by atoms with Gasteiger partial charge < -0.3 is 10.2 Å². The molecule has 0 spiro atoms. The van der Waals surface area contributed by atoms with Gasteiger partial charge in [0.2, 0.25) is 5.91 Å². The second-order valence-corrected chi connectivity index (χ2v) is 11.1. The number of anilines is 3. The number of nitrogens with zero attached hydrogens (tertiary/aromatic N) is 2.